The molecule has 2 aliphatic heterocycles. The maximum absolute atomic E-state index is 13.9. The Kier molecular flexibility index (Phi) is 5.36. The lowest BCUT2D eigenvalue weighted by molar-refractivity contribution is 0.0602. The lowest BCUT2D eigenvalue weighted by Gasteiger charge is -2.38. The predicted molar refractivity (Wildman–Crippen MR) is 90.6 cm³/mol. The fourth-order valence-electron chi connectivity index (χ4n) is 3.68. The Morgan fingerprint density at radius 2 is 2.00 bits per heavy atom. The van der Waals surface area contributed by atoms with E-state index < -0.39 is 11.7 Å². The first-order valence-electron chi connectivity index (χ1n) is 8.72. The lowest BCUT2D eigenvalue weighted by Crippen LogP contribution is -2.49. The molecule has 1 N–H and O–H groups in total. The van der Waals surface area contributed by atoms with Crippen molar-refractivity contribution in [3.8, 4) is 5.75 Å². The summed E-state index contributed by atoms with van der Waals surface area (Å²) in [6, 6.07) is 3.99. The van der Waals surface area contributed by atoms with E-state index in [1.807, 2.05) is 0 Å². The van der Waals surface area contributed by atoms with Crippen molar-refractivity contribution in [1.82, 2.24) is 14.7 Å². The summed E-state index contributed by atoms with van der Waals surface area (Å²) >= 11 is 0. The number of carbonyl (C=O) groups excluding carboxylic acids is 1. The van der Waals surface area contributed by atoms with E-state index in [-0.39, 0.29) is 11.3 Å². The number of carbonyl (C=O) groups is 1. The third-order valence-corrected chi connectivity index (χ3v) is 5.12. The van der Waals surface area contributed by atoms with Crippen LogP contribution in [0.2, 0.25) is 0 Å². The summed E-state index contributed by atoms with van der Waals surface area (Å²) in [6.45, 7) is 6.55. The van der Waals surface area contributed by atoms with Gasteiger partial charge in [-0.1, -0.05) is 6.07 Å². The monoisotopic (exact) mass is 335 g/mol. The summed E-state index contributed by atoms with van der Waals surface area (Å²) in [6.07, 6.45) is 2.03. The van der Waals surface area contributed by atoms with E-state index in [0.717, 1.165) is 45.6 Å². The Hall–Kier alpha value is -1.66. The second-order valence-corrected chi connectivity index (χ2v) is 7.00. The van der Waals surface area contributed by atoms with E-state index in [1.165, 1.54) is 18.2 Å². The first-order chi connectivity index (χ1) is 11.5. The van der Waals surface area contributed by atoms with E-state index in [9.17, 15) is 14.3 Å². The van der Waals surface area contributed by atoms with E-state index >= 15 is 0 Å². The van der Waals surface area contributed by atoms with Gasteiger partial charge in [-0.15, -0.1) is 0 Å². The van der Waals surface area contributed by atoms with Crippen molar-refractivity contribution in [2.75, 3.05) is 52.9 Å². The van der Waals surface area contributed by atoms with Gasteiger partial charge in [0.1, 0.15) is 17.1 Å². The molecule has 0 radical (unpaired) electrons. The van der Waals surface area contributed by atoms with Gasteiger partial charge in [0.15, 0.2) is 0 Å². The van der Waals surface area contributed by atoms with Crippen LogP contribution in [0, 0.1) is 11.7 Å². The summed E-state index contributed by atoms with van der Waals surface area (Å²) in [5, 5.41) is 9.84. The van der Waals surface area contributed by atoms with Crippen LogP contribution in [0.15, 0.2) is 18.2 Å². The molecular formula is C18H26FN3O2. The van der Waals surface area contributed by atoms with Crippen LogP contribution in [0.4, 0.5) is 4.39 Å². The number of halogens is 1. The van der Waals surface area contributed by atoms with Gasteiger partial charge in [-0.3, -0.25) is 4.79 Å². The number of hydrogen-bond acceptors (Lipinski definition) is 4. The Morgan fingerprint density at radius 3 is 2.71 bits per heavy atom. The molecule has 1 aromatic carbocycles. The molecule has 1 aromatic rings. The number of nitrogens with zero attached hydrogens (tertiary/aromatic N) is 3. The van der Waals surface area contributed by atoms with Crippen LogP contribution in [0.5, 0.6) is 5.75 Å². The summed E-state index contributed by atoms with van der Waals surface area (Å²) in [4.78, 5) is 19.1. The van der Waals surface area contributed by atoms with Crippen LogP contribution in [-0.2, 0) is 0 Å². The van der Waals surface area contributed by atoms with Gasteiger partial charge >= 0.3 is 0 Å². The molecule has 0 unspecified atom stereocenters. The Morgan fingerprint density at radius 1 is 1.25 bits per heavy atom. The second kappa shape index (κ2) is 7.49. The highest BCUT2D eigenvalue weighted by molar-refractivity contribution is 5.97. The molecule has 0 aromatic heterocycles. The van der Waals surface area contributed by atoms with Gasteiger partial charge in [0.05, 0.1) is 0 Å². The van der Waals surface area contributed by atoms with Crippen molar-refractivity contribution < 1.29 is 14.3 Å². The van der Waals surface area contributed by atoms with Gasteiger partial charge in [-0.05, 0) is 37.9 Å². The number of piperidine rings is 1. The minimum atomic E-state index is -0.652. The van der Waals surface area contributed by atoms with Crippen LogP contribution in [0.25, 0.3) is 0 Å². The van der Waals surface area contributed by atoms with Crippen LogP contribution in [0.1, 0.15) is 23.2 Å². The van der Waals surface area contributed by atoms with Crippen molar-refractivity contribution in [1.29, 1.82) is 0 Å². The van der Waals surface area contributed by atoms with Crippen molar-refractivity contribution in [3.05, 3.63) is 29.6 Å². The van der Waals surface area contributed by atoms with Gasteiger partial charge in [-0.2, -0.15) is 0 Å². The minimum absolute atomic E-state index is 0.197. The molecule has 0 spiro atoms. The summed E-state index contributed by atoms with van der Waals surface area (Å²) in [7, 11) is 2.14. The standard InChI is InChI=1S/C18H26FN3O2/c1-20-8-10-21(11-9-20)12-14-4-3-7-22(13-14)18(24)17-15(19)5-2-6-16(17)23/h2,5-6,14,23H,3-4,7-13H2,1H3/t14-/m0/s1. The molecule has 2 fully saturated rings. The zero-order valence-electron chi connectivity index (χ0n) is 14.2. The number of rotatable bonds is 3. The van der Waals surface area contributed by atoms with Crippen LogP contribution < -0.4 is 0 Å². The molecule has 5 nitrogen and oxygen atoms in total. The number of piperazine rings is 1. The quantitative estimate of drug-likeness (QED) is 0.912. The Labute approximate surface area is 142 Å². The maximum Gasteiger partial charge on any atom is 0.260 e. The minimum Gasteiger partial charge on any atom is -0.507 e. The van der Waals surface area contributed by atoms with Crippen LogP contribution in [-0.4, -0.2) is 78.6 Å². The molecule has 0 aliphatic carbocycles. The van der Waals surface area contributed by atoms with Crippen molar-refractivity contribution in [2.45, 2.75) is 12.8 Å². The van der Waals surface area contributed by atoms with E-state index in [0.29, 0.717) is 19.0 Å². The SMILES string of the molecule is CN1CCN(C[C@@H]2CCCN(C(=O)c3c(O)cccc3F)C2)CC1. The van der Waals surface area contributed by atoms with Gasteiger partial charge in [0, 0.05) is 45.8 Å². The topological polar surface area (TPSA) is 47.0 Å². The highest BCUT2D eigenvalue weighted by atomic mass is 19.1. The number of phenols is 1. The predicted octanol–water partition coefficient (Wildman–Crippen LogP) is 1.63. The van der Waals surface area contributed by atoms with Gasteiger partial charge in [-0.25, -0.2) is 4.39 Å². The van der Waals surface area contributed by atoms with Gasteiger partial charge < -0.3 is 19.8 Å². The third-order valence-electron chi connectivity index (χ3n) is 5.12. The van der Waals surface area contributed by atoms with E-state index in [4.69, 9.17) is 0 Å². The number of aromatic hydroxyl groups is 1. The van der Waals surface area contributed by atoms with Crippen LogP contribution in [0.3, 0.4) is 0 Å². The van der Waals surface area contributed by atoms with Crippen molar-refractivity contribution >= 4 is 5.91 Å². The first kappa shape index (κ1) is 17.2. The lowest BCUT2D eigenvalue weighted by atomic mass is 9.96. The first-order valence-corrected chi connectivity index (χ1v) is 8.72. The zero-order chi connectivity index (χ0) is 17.1. The molecule has 24 heavy (non-hydrogen) atoms. The maximum atomic E-state index is 13.9. The summed E-state index contributed by atoms with van der Waals surface area (Å²) in [5.41, 5.74) is -0.197. The molecule has 1 atom stereocenters. The average molecular weight is 335 g/mol. The summed E-state index contributed by atoms with van der Waals surface area (Å²) < 4.78 is 13.9. The number of amides is 1. The van der Waals surface area contributed by atoms with Crippen LogP contribution >= 0.6 is 0 Å². The smallest absolute Gasteiger partial charge is 0.260 e. The molecule has 6 heteroatoms. The van der Waals surface area contributed by atoms with Crippen molar-refractivity contribution in [2.24, 2.45) is 5.92 Å². The number of likely N-dealkylation sites (tertiary alicyclic amines) is 1. The Balaban J connectivity index is 1.62. The van der Waals surface area contributed by atoms with Gasteiger partial charge in [0.2, 0.25) is 0 Å². The highest BCUT2D eigenvalue weighted by Crippen LogP contribution is 2.25. The molecule has 3 rings (SSSR count). The fraction of sp³-hybridized carbons (Fsp3) is 0.611. The number of hydrogen-bond donors (Lipinski definition) is 1. The fourth-order valence-corrected chi connectivity index (χ4v) is 3.68. The molecular weight excluding hydrogens is 309 g/mol. The molecule has 132 valence electrons. The highest BCUT2D eigenvalue weighted by Gasteiger charge is 2.29. The van der Waals surface area contributed by atoms with E-state index in [2.05, 4.69) is 16.8 Å². The Bertz CT molecular complexity index is 567. The molecule has 2 heterocycles. The largest absolute Gasteiger partial charge is 0.507 e. The molecule has 0 bridgehead atoms. The normalized spacial score (nSPS) is 23.4. The van der Waals surface area contributed by atoms with E-state index in [1.54, 1.807) is 4.90 Å². The molecule has 2 aliphatic rings. The van der Waals surface area contributed by atoms with Gasteiger partial charge in [0.25, 0.3) is 5.91 Å². The average Bonchev–Trinajstić information content (AvgIpc) is 2.57. The third kappa shape index (κ3) is 3.87. The van der Waals surface area contributed by atoms with Crippen molar-refractivity contribution in [3.63, 3.8) is 0 Å². The summed E-state index contributed by atoms with van der Waals surface area (Å²) in [5.74, 6) is -0.906. The number of benzene rings is 1. The number of phenolic OH excluding ortho intramolecular Hbond substituents is 1. The second-order valence-electron chi connectivity index (χ2n) is 7.00. The molecule has 2 saturated heterocycles. The molecule has 0 saturated carbocycles. The molecule has 1 amide bonds. The number of likely N-dealkylation sites (N-methyl/N-ethyl adjacent to an activating group) is 1. The zero-order valence-corrected chi connectivity index (χ0v) is 14.2.